The number of ether oxygens (including phenoxy) is 1. The summed E-state index contributed by atoms with van der Waals surface area (Å²) in [5.74, 6) is 1.11. The Morgan fingerprint density at radius 1 is 1.32 bits per heavy atom. The lowest BCUT2D eigenvalue weighted by Gasteiger charge is -2.39. The van der Waals surface area contributed by atoms with Crippen LogP contribution in [0.4, 0.5) is 0 Å². The minimum absolute atomic E-state index is 0. The van der Waals surface area contributed by atoms with Crippen LogP contribution in [0, 0.1) is 11.3 Å². The van der Waals surface area contributed by atoms with Gasteiger partial charge in [-0.05, 0) is 31.1 Å². The number of hydrogen-bond donors (Lipinski definition) is 2. The Hall–Kier alpha value is -0.0400. The van der Waals surface area contributed by atoms with Gasteiger partial charge in [-0.15, -0.1) is 24.0 Å². The van der Waals surface area contributed by atoms with Gasteiger partial charge in [0.1, 0.15) is 0 Å². The summed E-state index contributed by atoms with van der Waals surface area (Å²) in [4.78, 5) is 4.50. The molecule has 2 rings (SSSR count). The minimum Gasteiger partial charge on any atom is -0.377 e. The third-order valence-electron chi connectivity index (χ3n) is 3.72. The number of nitrogens with one attached hydrogen (secondary N) is 1. The third-order valence-corrected chi connectivity index (χ3v) is 3.72. The Balaban J connectivity index is 0.00000180. The maximum Gasteiger partial charge on any atom is 0.188 e. The summed E-state index contributed by atoms with van der Waals surface area (Å²) in [6, 6.07) is 0.578. The molecule has 0 aromatic rings. The van der Waals surface area contributed by atoms with E-state index in [1.807, 2.05) is 0 Å². The van der Waals surface area contributed by atoms with Crippen molar-refractivity contribution in [2.24, 2.45) is 22.1 Å². The molecule has 1 saturated carbocycles. The van der Waals surface area contributed by atoms with E-state index < -0.39 is 0 Å². The van der Waals surface area contributed by atoms with Gasteiger partial charge in [-0.3, -0.25) is 4.99 Å². The van der Waals surface area contributed by atoms with Crippen molar-refractivity contribution in [2.75, 3.05) is 13.2 Å². The molecular formula is C14H28IN3O. The van der Waals surface area contributed by atoms with E-state index in [4.69, 9.17) is 10.5 Å². The quantitative estimate of drug-likeness (QED) is 0.449. The Labute approximate surface area is 134 Å². The van der Waals surface area contributed by atoms with Crippen molar-refractivity contribution in [3.63, 3.8) is 0 Å². The maximum absolute atomic E-state index is 5.95. The van der Waals surface area contributed by atoms with Crippen LogP contribution in [0.2, 0.25) is 0 Å². The fourth-order valence-corrected chi connectivity index (χ4v) is 2.69. The summed E-state index contributed by atoms with van der Waals surface area (Å²) in [6.45, 7) is 8.40. The normalized spacial score (nSPS) is 28.7. The predicted molar refractivity (Wildman–Crippen MR) is 90.0 cm³/mol. The largest absolute Gasteiger partial charge is 0.377 e. The van der Waals surface area contributed by atoms with Crippen LogP contribution < -0.4 is 11.1 Å². The lowest BCUT2D eigenvalue weighted by Crippen LogP contribution is -2.42. The van der Waals surface area contributed by atoms with Gasteiger partial charge in [0, 0.05) is 25.1 Å². The number of nitrogens with two attached hydrogens (primary N) is 1. The number of guanidine groups is 1. The van der Waals surface area contributed by atoms with Crippen molar-refractivity contribution in [3.8, 4) is 0 Å². The molecule has 19 heavy (non-hydrogen) atoms. The molecule has 1 heterocycles. The van der Waals surface area contributed by atoms with Crippen LogP contribution in [0.25, 0.3) is 0 Å². The van der Waals surface area contributed by atoms with Crippen LogP contribution in [-0.2, 0) is 4.74 Å². The second-order valence-electron chi connectivity index (χ2n) is 6.70. The van der Waals surface area contributed by atoms with Crippen LogP contribution >= 0.6 is 24.0 Å². The summed E-state index contributed by atoms with van der Waals surface area (Å²) in [5.41, 5.74) is 6.06. The van der Waals surface area contributed by atoms with E-state index in [1.54, 1.807) is 0 Å². The predicted octanol–water partition coefficient (Wildman–Crippen LogP) is 2.51. The Morgan fingerprint density at radius 3 is 2.58 bits per heavy atom. The SMILES string of the molecule is CC(C)(C)C1OCCCC1CN=C(N)NC1CC1.I. The molecule has 0 amide bonds. The maximum atomic E-state index is 5.95. The lowest BCUT2D eigenvalue weighted by atomic mass is 9.78. The van der Waals surface area contributed by atoms with Gasteiger partial charge >= 0.3 is 0 Å². The molecule has 3 N–H and O–H groups in total. The van der Waals surface area contributed by atoms with Crippen molar-refractivity contribution in [1.29, 1.82) is 0 Å². The van der Waals surface area contributed by atoms with Crippen LogP contribution in [0.5, 0.6) is 0 Å². The van der Waals surface area contributed by atoms with Gasteiger partial charge in [-0.1, -0.05) is 20.8 Å². The number of hydrogen-bond acceptors (Lipinski definition) is 2. The van der Waals surface area contributed by atoms with Gasteiger partial charge in [0.25, 0.3) is 0 Å². The first-order valence-electron chi connectivity index (χ1n) is 7.15. The highest BCUT2D eigenvalue weighted by Crippen LogP contribution is 2.34. The number of halogens is 1. The van der Waals surface area contributed by atoms with E-state index >= 15 is 0 Å². The summed E-state index contributed by atoms with van der Waals surface area (Å²) >= 11 is 0. The first kappa shape index (κ1) is 17.0. The second-order valence-corrected chi connectivity index (χ2v) is 6.70. The van der Waals surface area contributed by atoms with E-state index in [1.165, 1.54) is 19.3 Å². The van der Waals surface area contributed by atoms with Crippen LogP contribution in [0.3, 0.4) is 0 Å². The Bertz CT molecular complexity index is 310. The topological polar surface area (TPSA) is 59.6 Å². The molecule has 2 atom stereocenters. The van der Waals surface area contributed by atoms with Gasteiger partial charge in [0.15, 0.2) is 5.96 Å². The van der Waals surface area contributed by atoms with Crippen molar-refractivity contribution in [3.05, 3.63) is 0 Å². The molecule has 0 radical (unpaired) electrons. The summed E-state index contributed by atoms with van der Waals surface area (Å²) in [5, 5.41) is 3.23. The zero-order valence-electron chi connectivity index (χ0n) is 12.3. The molecule has 0 bridgehead atoms. The number of aliphatic imine (C=N–C) groups is 1. The minimum atomic E-state index is 0. The van der Waals surface area contributed by atoms with Crippen molar-refractivity contribution in [1.82, 2.24) is 5.32 Å². The van der Waals surface area contributed by atoms with E-state index in [-0.39, 0.29) is 29.4 Å². The lowest BCUT2D eigenvalue weighted by molar-refractivity contribution is -0.0823. The fraction of sp³-hybridized carbons (Fsp3) is 0.929. The highest BCUT2D eigenvalue weighted by atomic mass is 127. The zero-order valence-corrected chi connectivity index (χ0v) is 14.6. The van der Waals surface area contributed by atoms with E-state index in [2.05, 4.69) is 31.1 Å². The molecule has 2 fully saturated rings. The average molecular weight is 381 g/mol. The molecule has 0 spiro atoms. The molecule has 4 nitrogen and oxygen atoms in total. The number of rotatable bonds is 3. The molecular weight excluding hydrogens is 353 g/mol. The molecule has 1 aliphatic carbocycles. The molecule has 1 saturated heterocycles. The van der Waals surface area contributed by atoms with E-state index in [9.17, 15) is 0 Å². The Kier molecular flexibility index (Phi) is 6.36. The zero-order chi connectivity index (χ0) is 13.2. The Morgan fingerprint density at radius 2 is 2.00 bits per heavy atom. The van der Waals surface area contributed by atoms with Gasteiger partial charge in [-0.25, -0.2) is 0 Å². The second kappa shape index (κ2) is 7.11. The smallest absolute Gasteiger partial charge is 0.188 e. The van der Waals surface area contributed by atoms with Crippen LogP contribution in [-0.4, -0.2) is 31.3 Å². The monoisotopic (exact) mass is 381 g/mol. The average Bonchev–Trinajstić information content (AvgIpc) is 3.09. The molecule has 1 aliphatic heterocycles. The molecule has 2 aliphatic rings. The standard InChI is InChI=1S/C14H27N3O.HI/c1-14(2,3)12-10(5-4-8-18-12)9-16-13(15)17-11-6-7-11;/h10-12H,4-9H2,1-3H3,(H3,15,16,17);1H. The third kappa shape index (κ3) is 5.45. The highest BCUT2D eigenvalue weighted by molar-refractivity contribution is 14.0. The molecule has 0 aromatic carbocycles. The van der Waals surface area contributed by atoms with E-state index in [0.29, 0.717) is 24.0 Å². The summed E-state index contributed by atoms with van der Waals surface area (Å²) < 4.78 is 5.95. The summed E-state index contributed by atoms with van der Waals surface area (Å²) in [7, 11) is 0. The highest BCUT2D eigenvalue weighted by Gasteiger charge is 2.35. The van der Waals surface area contributed by atoms with Crippen molar-refractivity contribution in [2.45, 2.75) is 58.6 Å². The first-order chi connectivity index (χ1) is 8.47. The van der Waals surface area contributed by atoms with Gasteiger partial charge in [0.05, 0.1) is 6.10 Å². The summed E-state index contributed by atoms with van der Waals surface area (Å²) in [6.07, 6.45) is 5.09. The fourth-order valence-electron chi connectivity index (χ4n) is 2.69. The van der Waals surface area contributed by atoms with Gasteiger partial charge in [0.2, 0.25) is 0 Å². The van der Waals surface area contributed by atoms with Crippen molar-refractivity contribution >= 4 is 29.9 Å². The van der Waals surface area contributed by atoms with Crippen molar-refractivity contribution < 1.29 is 4.74 Å². The first-order valence-corrected chi connectivity index (χ1v) is 7.15. The molecule has 5 heteroatoms. The molecule has 0 aromatic heterocycles. The number of nitrogens with zero attached hydrogens (tertiary/aromatic N) is 1. The van der Waals surface area contributed by atoms with Crippen LogP contribution in [0.1, 0.15) is 46.5 Å². The van der Waals surface area contributed by atoms with Gasteiger partial charge in [-0.2, -0.15) is 0 Å². The van der Waals surface area contributed by atoms with Crippen LogP contribution in [0.15, 0.2) is 4.99 Å². The molecule has 112 valence electrons. The van der Waals surface area contributed by atoms with Gasteiger partial charge < -0.3 is 15.8 Å². The van der Waals surface area contributed by atoms with E-state index in [0.717, 1.165) is 19.6 Å². The molecule has 2 unspecified atom stereocenters.